The molecule has 0 bridgehead atoms. The van der Waals surface area contributed by atoms with Crippen LogP contribution in [-0.2, 0) is 4.79 Å². The molecule has 1 heterocycles. The highest BCUT2D eigenvalue weighted by Crippen LogP contribution is 2.30. The number of rotatable bonds is 3. The lowest BCUT2D eigenvalue weighted by molar-refractivity contribution is -0.128. The van der Waals surface area contributed by atoms with Gasteiger partial charge in [-0.1, -0.05) is 6.92 Å². The summed E-state index contributed by atoms with van der Waals surface area (Å²) in [6, 6.07) is 0. The predicted octanol–water partition coefficient (Wildman–Crippen LogP) is 1.51. The normalized spacial score (nSPS) is 25.2. The second kappa shape index (κ2) is 6.10. The summed E-state index contributed by atoms with van der Waals surface area (Å²) in [5.41, 5.74) is -0.0697. The van der Waals surface area contributed by atoms with Gasteiger partial charge in [0.2, 0.25) is 5.91 Å². The molecule has 1 saturated heterocycles. The van der Waals surface area contributed by atoms with E-state index in [1.54, 1.807) is 4.90 Å². The fraction of sp³-hybridized carbons (Fsp3) is 0.818. The van der Waals surface area contributed by atoms with Gasteiger partial charge in [0.1, 0.15) is 5.88 Å². The number of halogens is 1. The Morgan fingerprint density at radius 1 is 1.41 bits per heavy atom. The van der Waals surface area contributed by atoms with Crippen molar-refractivity contribution in [1.82, 2.24) is 10.2 Å². The minimum absolute atomic E-state index is 0.0179. The number of nitrogens with zero attached hydrogens (tertiary/aromatic N) is 1. The standard InChI is InChI=1S/C11H19ClN2O3/c1-11(8-13-10(16)17)3-2-5-14(6-4-11)9(15)7-12/h13H,2-8H2,1H3,(H,16,17). The van der Waals surface area contributed by atoms with Crippen molar-refractivity contribution >= 4 is 23.6 Å². The molecule has 2 amide bonds. The summed E-state index contributed by atoms with van der Waals surface area (Å²) in [5, 5.41) is 11.0. The first kappa shape index (κ1) is 14.1. The van der Waals surface area contributed by atoms with Gasteiger partial charge in [-0.25, -0.2) is 4.79 Å². The summed E-state index contributed by atoms with van der Waals surface area (Å²) in [7, 11) is 0. The molecule has 0 saturated carbocycles. The Kier molecular flexibility index (Phi) is 5.05. The molecule has 0 aromatic heterocycles. The van der Waals surface area contributed by atoms with Gasteiger partial charge >= 0.3 is 6.09 Å². The molecule has 0 radical (unpaired) electrons. The summed E-state index contributed by atoms with van der Waals surface area (Å²) in [6.45, 7) is 3.86. The number of carbonyl (C=O) groups is 2. The van der Waals surface area contributed by atoms with Gasteiger partial charge in [0.05, 0.1) is 0 Å². The molecule has 1 rings (SSSR count). The Hall–Kier alpha value is -0.970. The van der Waals surface area contributed by atoms with E-state index in [9.17, 15) is 9.59 Å². The van der Waals surface area contributed by atoms with Crippen molar-refractivity contribution in [2.75, 3.05) is 25.5 Å². The highest BCUT2D eigenvalue weighted by molar-refractivity contribution is 6.27. The van der Waals surface area contributed by atoms with Gasteiger partial charge in [-0.2, -0.15) is 0 Å². The van der Waals surface area contributed by atoms with Crippen LogP contribution in [0.3, 0.4) is 0 Å². The summed E-state index contributed by atoms with van der Waals surface area (Å²) in [5.74, 6) is -0.0218. The Morgan fingerprint density at radius 3 is 2.71 bits per heavy atom. The fourth-order valence-corrected chi connectivity index (χ4v) is 2.31. The van der Waals surface area contributed by atoms with Gasteiger partial charge in [0, 0.05) is 19.6 Å². The molecular formula is C11H19ClN2O3. The monoisotopic (exact) mass is 262 g/mol. The molecule has 0 aromatic rings. The van der Waals surface area contributed by atoms with Crippen LogP contribution in [-0.4, -0.2) is 47.5 Å². The quantitative estimate of drug-likeness (QED) is 0.758. The maximum absolute atomic E-state index is 11.5. The van der Waals surface area contributed by atoms with Crippen LogP contribution in [0.15, 0.2) is 0 Å². The molecule has 1 aliphatic rings. The van der Waals surface area contributed by atoms with E-state index in [-0.39, 0.29) is 17.2 Å². The molecule has 0 spiro atoms. The Bertz CT molecular complexity index is 298. The second-order valence-electron chi connectivity index (χ2n) is 4.84. The first-order chi connectivity index (χ1) is 7.97. The highest BCUT2D eigenvalue weighted by atomic mass is 35.5. The Balaban J connectivity index is 2.51. The number of amides is 2. The van der Waals surface area contributed by atoms with Crippen LogP contribution in [0.1, 0.15) is 26.2 Å². The van der Waals surface area contributed by atoms with E-state index >= 15 is 0 Å². The molecule has 0 aromatic carbocycles. The Morgan fingerprint density at radius 2 is 2.12 bits per heavy atom. The third kappa shape index (κ3) is 4.42. The van der Waals surface area contributed by atoms with Crippen LogP contribution in [0.5, 0.6) is 0 Å². The lowest BCUT2D eigenvalue weighted by atomic mass is 9.83. The van der Waals surface area contributed by atoms with Crippen LogP contribution in [0.4, 0.5) is 4.79 Å². The second-order valence-corrected chi connectivity index (χ2v) is 5.10. The van der Waals surface area contributed by atoms with E-state index in [4.69, 9.17) is 16.7 Å². The van der Waals surface area contributed by atoms with Crippen molar-refractivity contribution in [2.45, 2.75) is 26.2 Å². The zero-order chi connectivity index (χ0) is 12.9. The van der Waals surface area contributed by atoms with Crippen molar-refractivity contribution in [3.05, 3.63) is 0 Å². The molecule has 17 heavy (non-hydrogen) atoms. The van der Waals surface area contributed by atoms with Crippen molar-refractivity contribution < 1.29 is 14.7 Å². The smallest absolute Gasteiger partial charge is 0.404 e. The number of hydrogen-bond acceptors (Lipinski definition) is 2. The molecule has 1 aliphatic heterocycles. The molecule has 0 aliphatic carbocycles. The average molecular weight is 263 g/mol. The predicted molar refractivity (Wildman–Crippen MR) is 65.3 cm³/mol. The van der Waals surface area contributed by atoms with E-state index in [1.165, 1.54) is 0 Å². The number of nitrogens with one attached hydrogen (secondary N) is 1. The van der Waals surface area contributed by atoms with E-state index < -0.39 is 6.09 Å². The molecule has 1 atom stereocenters. The summed E-state index contributed by atoms with van der Waals surface area (Å²) >= 11 is 5.53. The van der Waals surface area contributed by atoms with E-state index in [1.807, 2.05) is 0 Å². The molecule has 2 N–H and O–H groups in total. The van der Waals surface area contributed by atoms with Gasteiger partial charge in [-0.05, 0) is 24.7 Å². The topological polar surface area (TPSA) is 69.6 Å². The number of carbonyl (C=O) groups excluding carboxylic acids is 1. The summed E-state index contributed by atoms with van der Waals surface area (Å²) in [6.07, 6.45) is 1.61. The zero-order valence-electron chi connectivity index (χ0n) is 10.0. The first-order valence-corrected chi connectivity index (χ1v) is 6.31. The van der Waals surface area contributed by atoms with E-state index in [0.717, 1.165) is 19.3 Å². The molecular weight excluding hydrogens is 244 g/mol. The lowest BCUT2D eigenvalue weighted by Crippen LogP contribution is -2.37. The van der Waals surface area contributed by atoms with Crippen molar-refractivity contribution in [2.24, 2.45) is 5.41 Å². The number of likely N-dealkylation sites (tertiary alicyclic amines) is 1. The number of hydrogen-bond donors (Lipinski definition) is 2. The largest absolute Gasteiger partial charge is 0.465 e. The van der Waals surface area contributed by atoms with Gasteiger partial charge in [-0.3, -0.25) is 4.79 Å². The minimum atomic E-state index is -0.996. The van der Waals surface area contributed by atoms with Crippen LogP contribution in [0.25, 0.3) is 0 Å². The van der Waals surface area contributed by atoms with E-state index in [2.05, 4.69) is 12.2 Å². The highest BCUT2D eigenvalue weighted by Gasteiger charge is 2.29. The van der Waals surface area contributed by atoms with Gasteiger partial charge in [0.25, 0.3) is 0 Å². The zero-order valence-corrected chi connectivity index (χ0v) is 10.8. The number of alkyl halides is 1. The summed E-state index contributed by atoms with van der Waals surface area (Å²) < 4.78 is 0. The maximum Gasteiger partial charge on any atom is 0.404 e. The maximum atomic E-state index is 11.5. The van der Waals surface area contributed by atoms with E-state index in [0.29, 0.717) is 19.6 Å². The molecule has 5 nitrogen and oxygen atoms in total. The molecule has 6 heteroatoms. The number of carboxylic acid groups (broad SMARTS) is 1. The average Bonchev–Trinajstić information content (AvgIpc) is 2.49. The Labute approximate surface area is 106 Å². The first-order valence-electron chi connectivity index (χ1n) is 5.77. The third-order valence-corrected chi connectivity index (χ3v) is 3.56. The fourth-order valence-electron chi connectivity index (χ4n) is 2.14. The summed E-state index contributed by atoms with van der Waals surface area (Å²) in [4.78, 5) is 23.7. The third-order valence-electron chi connectivity index (χ3n) is 3.33. The van der Waals surface area contributed by atoms with Crippen molar-refractivity contribution in [1.29, 1.82) is 0 Å². The lowest BCUT2D eigenvalue weighted by Gasteiger charge is -2.27. The van der Waals surface area contributed by atoms with Gasteiger partial charge in [-0.15, -0.1) is 11.6 Å². The molecule has 1 fully saturated rings. The molecule has 98 valence electrons. The molecule has 1 unspecified atom stereocenters. The SMILES string of the molecule is CC1(CNC(=O)O)CCCN(C(=O)CCl)CC1. The van der Waals surface area contributed by atoms with Crippen LogP contribution >= 0.6 is 11.6 Å². The van der Waals surface area contributed by atoms with Crippen LogP contribution in [0, 0.1) is 5.41 Å². The van der Waals surface area contributed by atoms with Gasteiger partial charge in [0.15, 0.2) is 0 Å². The van der Waals surface area contributed by atoms with Gasteiger partial charge < -0.3 is 15.3 Å². The van der Waals surface area contributed by atoms with Crippen molar-refractivity contribution in [3.63, 3.8) is 0 Å². The van der Waals surface area contributed by atoms with Crippen LogP contribution < -0.4 is 5.32 Å². The van der Waals surface area contributed by atoms with Crippen molar-refractivity contribution in [3.8, 4) is 0 Å². The minimum Gasteiger partial charge on any atom is -0.465 e. The van der Waals surface area contributed by atoms with Crippen LogP contribution in [0.2, 0.25) is 0 Å².